The molecule has 0 aromatic heterocycles. The SMILES string of the molecule is Cc1ccc(C)c(C(C)(NCCCN=[N+]=[N-])C(=O)O)c1. The molecule has 108 valence electrons. The van der Waals surface area contributed by atoms with E-state index >= 15 is 0 Å². The van der Waals surface area contributed by atoms with E-state index in [2.05, 4.69) is 15.3 Å². The molecule has 0 aliphatic heterocycles. The van der Waals surface area contributed by atoms with Crippen molar-refractivity contribution < 1.29 is 9.90 Å². The lowest BCUT2D eigenvalue weighted by atomic mass is 9.87. The Kier molecular flexibility index (Phi) is 5.55. The van der Waals surface area contributed by atoms with Crippen LogP contribution in [0.15, 0.2) is 23.3 Å². The Balaban J connectivity index is 2.93. The normalized spacial score (nSPS) is 13.3. The van der Waals surface area contributed by atoms with Gasteiger partial charge >= 0.3 is 5.97 Å². The number of nitrogens with one attached hydrogen (secondary N) is 1. The van der Waals surface area contributed by atoms with E-state index < -0.39 is 11.5 Å². The Morgan fingerprint density at radius 1 is 1.50 bits per heavy atom. The van der Waals surface area contributed by atoms with Crippen LogP contribution in [0.4, 0.5) is 0 Å². The van der Waals surface area contributed by atoms with Gasteiger partial charge in [-0.2, -0.15) is 0 Å². The van der Waals surface area contributed by atoms with E-state index in [1.165, 1.54) is 0 Å². The molecule has 1 unspecified atom stereocenters. The van der Waals surface area contributed by atoms with E-state index in [1.807, 2.05) is 32.0 Å². The van der Waals surface area contributed by atoms with Crippen molar-refractivity contribution in [3.8, 4) is 0 Å². The zero-order chi connectivity index (χ0) is 15.2. The smallest absolute Gasteiger partial charge is 0.328 e. The molecule has 1 atom stereocenters. The minimum Gasteiger partial charge on any atom is -0.480 e. The van der Waals surface area contributed by atoms with Crippen LogP contribution in [0.2, 0.25) is 0 Å². The lowest BCUT2D eigenvalue weighted by Crippen LogP contribution is -2.47. The number of hydrogen-bond donors (Lipinski definition) is 2. The van der Waals surface area contributed by atoms with Crippen LogP contribution in [0.1, 0.15) is 30.0 Å². The maximum atomic E-state index is 11.7. The molecule has 0 spiro atoms. The standard InChI is InChI=1S/C14H20N4O2/c1-10-5-6-11(2)12(9-10)14(3,13(19)20)16-7-4-8-17-18-15/h5-6,9,16H,4,7-8H2,1-3H3,(H,19,20). The fraction of sp³-hybridized carbons (Fsp3) is 0.500. The molecule has 1 rings (SSSR count). The second-order valence-electron chi connectivity index (χ2n) is 4.98. The van der Waals surface area contributed by atoms with E-state index in [9.17, 15) is 9.90 Å². The third kappa shape index (κ3) is 3.73. The molecule has 1 aromatic rings. The summed E-state index contributed by atoms with van der Waals surface area (Å²) in [5, 5.41) is 16.0. The summed E-state index contributed by atoms with van der Waals surface area (Å²) in [6.07, 6.45) is 0.595. The first-order valence-electron chi connectivity index (χ1n) is 6.49. The second-order valence-corrected chi connectivity index (χ2v) is 4.98. The van der Waals surface area contributed by atoms with Crippen LogP contribution in [0, 0.1) is 13.8 Å². The van der Waals surface area contributed by atoms with Gasteiger partial charge in [-0.05, 0) is 50.4 Å². The van der Waals surface area contributed by atoms with Crippen LogP contribution >= 0.6 is 0 Å². The van der Waals surface area contributed by atoms with Crippen molar-refractivity contribution in [1.82, 2.24) is 5.32 Å². The largest absolute Gasteiger partial charge is 0.480 e. The molecule has 20 heavy (non-hydrogen) atoms. The molecule has 0 amide bonds. The van der Waals surface area contributed by atoms with Crippen molar-refractivity contribution in [3.63, 3.8) is 0 Å². The summed E-state index contributed by atoms with van der Waals surface area (Å²) in [6.45, 7) is 6.32. The number of hydrogen-bond acceptors (Lipinski definition) is 3. The number of rotatable bonds is 7. The number of benzene rings is 1. The van der Waals surface area contributed by atoms with E-state index in [0.29, 0.717) is 19.5 Å². The van der Waals surface area contributed by atoms with E-state index in [-0.39, 0.29) is 0 Å². The van der Waals surface area contributed by atoms with Gasteiger partial charge in [-0.1, -0.05) is 28.9 Å². The van der Waals surface area contributed by atoms with Gasteiger partial charge in [0.25, 0.3) is 0 Å². The first-order valence-corrected chi connectivity index (χ1v) is 6.49. The predicted octanol–water partition coefficient (Wildman–Crippen LogP) is 2.89. The Bertz CT molecular complexity index is 538. The molecule has 0 radical (unpaired) electrons. The number of carbonyl (C=O) groups is 1. The number of carboxylic acid groups (broad SMARTS) is 1. The van der Waals surface area contributed by atoms with Gasteiger partial charge in [0.2, 0.25) is 0 Å². The fourth-order valence-electron chi connectivity index (χ4n) is 2.09. The van der Waals surface area contributed by atoms with Crippen LogP contribution < -0.4 is 5.32 Å². The van der Waals surface area contributed by atoms with E-state index in [1.54, 1.807) is 6.92 Å². The van der Waals surface area contributed by atoms with Crippen molar-refractivity contribution in [3.05, 3.63) is 45.3 Å². The van der Waals surface area contributed by atoms with Gasteiger partial charge in [-0.3, -0.25) is 5.32 Å². The molecule has 6 nitrogen and oxygen atoms in total. The second kappa shape index (κ2) is 6.93. The summed E-state index contributed by atoms with van der Waals surface area (Å²) in [5.74, 6) is -0.921. The van der Waals surface area contributed by atoms with Crippen molar-refractivity contribution in [1.29, 1.82) is 0 Å². The summed E-state index contributed by atoms with van der Waals surface area (Å²) in [6, 6.07) is 5.78. The topological polar surface area (TPSA) is 98.1 Å². The third-order valence-corrected chi connectivity index (χ3v) is 3.34. The lowest BCUT2D eigenvalue weighted by molar-refractivity contribution is -0.144. The van der Waals surface area contributed by atoms with Crippen LogP contribution in [0.5, 0.6) is 0 Å². The highest BCUT2D eigenvalue weighted by Gasteiger charge is 2.35. The summed E-state index contributed by atoms with van der Waals surface area (Å²) in [7, 11) is 0. The zero-order valence-electron chi connectivity index (χ0n) is 12.1. The number of nitrogens with zero attached hydrogens (tertiary/aromatic N) is 3. The third-order valence-electron chi connectivity index (χ3n) is 3.34. The molecule has 0 saturated heterocycles. The molecule has 0 aliphatic carbocycles. The minimum atomic E-state index is -1.15. The van der Waals surface area contributed by atoms with Crippen LogP contribution in [-0.2, 0) is 10.3 Å². The molecule has 0 saturated carbocycles. The summed E-state index contributed by atoms with van der Waals surface area (Å²) in [5.41, 5.74) is 9.77. The number of aryl methyl sites for hydroxylation is 2. The average Bonchev–Trinajstić information content (AvgIpc) is 2.40. The number of azide groups is 1. The molecular formula is C14H20N4O2. The van der Waals surface area contributed by atoms with Crippen molar-refractivity contribution in [2.45, 2.75) is 32.7 Å². The lowest BCUT2D eigenvalue weighted by Gasteiger charge is -2.29. The summed E-state index contributed by atoms with van der Waals surface area (Å²) < 4.78 is 0. The maximum Gasteiger partial charge on any atom is 0.328 e. The predicted molar refractivity (Wildman–Crippen MR) is 77.5 cm³/mol. The first-order chi connectivity index (χ1) is 9.41. The monoisotopic (exact) mass is 276 g/mol. The quantitative estimate of drug-likeness (QED) is 0.346. The molecule has 0 fully saturated rings. The van der Waals surface area contributed by atoms with Crippen molar-refractivity contribution in [2.75, 3.05) is 13.1 Å². The molecule has 0 bridgehead atoms. The van der Waals surface area contributed by atoms with Gasteiger partial charge < -0.3 is 5.11 Å². The Hall–Kier alpha value is -2.04. The van der Waals surface area contributed by atoms with Gasteiger partial charge in [-0.25, -0.2) is 4.79 Å². The van der Waals surface area contributed by atoms with Crippen LogP contribution in [0.25, 0.3) is 10.4 Å². The molecule has 0 heterocycles. The van der Waals surface area contributed by atoms with Gasteiger partial charge in [0.15, 0.2) is 0 Å². The van der Waals surface area contributed by atoms with Crippen molar-refractivity contribution in [2.24, 2.45) is 5.11 Å². The average molecular weight is 276 g/mol. The zero-order valence-corrected chi connectivity index (χ0v) is 12.1. The highest BCUT2D eigenvalue weighted by Crippen LogP contribution is 2.25. The van der Waals surface area contributed by atoms with Gasteiger partial charge in [0.1, 0.15) is 5.54 Å². The molecule has 6 heteroatoms. The van der Waals surface area contributed by atoms with Gasteiger partial charge in [0, 0.05) is 11.5 Å². The van der Waals surface area contributed by atoms with Crippen molar-refractivity contribution >= 4 is 5.97 Å². The first kappa shape index (κ1) is 16.0. The minimum absolute atomic E-state index is 0.353. The van der Waals surface area contributed by atoms with E-state index in [4.69, 9.17) is 5.53 Å². The van der Waals surface area contributed by atoms with Gasteiger partial charge in [0.05, 0.1) is 0 Å². The van der Waals surface area contributed by atoms with E-state index in [0.717, 1.165) is 16.7 Å². The molecule has 1 aromatic carbocycles. The van der Waals surface area contributed by atoms with Crippen LogP contribution in [-0.4, -0.2) is 24.2 Å². The van der Waals surface area contributed by atoms with Crippen LogP contribution in [0.3, 0.4) is 0 Å². The number of aliphatic carboxylic acids is 1. The molecule has 2 N–H and O–H groups in total. The highest BCUT2D eigenvalue weighted by molar-refractivity contribution is 5.81. The maximum absolute atomic E-state index is 11.7. The summed E-state index contributed by atoms with van der Waals surface area (Å²) >= 11 is 0. The highest BCUT2D eigenvalue weighted by atomic mass is 16.4. The Morgan fingerprint density at radius 3 is 2.80 bits per heavy atom. The fourth-order valence-corrected chi connectivity index (χ4v) is 2.09. The molecule has 0 aliphatic rings. The summed E-state index contributed by atoms with van der Waals surface area (Å²) in [4.78, 5) is 14.3. The number of carboxylic acids is 1. The Morgan fingerprint density at radius 2 is 2.20 bits per heavy atom. The Labute approximate surface area is 118 Å². The molecular weight excluding hydrogens is 256 g/mol. The van der Waals surface area contributed by atoms with Gasteiger partial charge in [-0.15, -0.1) is 0 Å².